The average Bonchev–Trinajstić information content (AvgIpc) is 3.27. The summed E-state index contributed by atoms with van der Waals surface area (Å²) < 4.78 is 0. The molecule has 2 heterocycles. The van der Waals surface area contributed by atoms with Crippen molar-refractivity contribution in [1.82, 2.24) is 0 Å². The van der Waals surface area contributed by atoms with Gasteiger partial charge in [0.15, 0.2) is 0 Å². The topological polar surface area (TPSA) is 92.6 Å². The maximum Gasteiger partial charge on any atom is 0.282 e. The number of aryl methyl sites for hydroxylation is 1. The number of nitrogens with one attached hydrogen (secondary N) is 1. The van der Waals surface area contributed by atoms with Crippen molar-refractivity contribution in [3.8, 4) is 0 Å². The van der Waals surface area contributed by atoms with Crippen LogP contribution in [0.5, 0.6) is 0 Å². The number of halogens is 1. The summed E-state index contributed by atoms with van der Waals surface area (Å²) in [5, 5.41) is 16.0. The zero-order valence-electron chi connectivity index (χ0n) is 15.6. The van der Waals surface area contributed by atoms with E-state index in [1.54, 1.807) is 23.1 Å². The van der Waals surface area contributed by atoms with Gasteiger partial charge in [0.1, 0.15) is 5.56 Å². The molecule has 1 aromatic heterocycles. The number of nitro groups is 1. The summed E-state index contributed by atoms with van der Waals surface area (Å²) >= 11 is 7.30. The van der Waals surface area contributed by atoms with Crippen molar-refractivity contribution in [3.05, 3.63) is 85.1 Å². The van der Waals surface area contributed by atoms with Gasteiger partial charge < -0.3 is 10.2 Å². The second kappa shape index (κ2) is 8.25. The van der Waals surface area contributed by atoms with Crippen molar-refractivity contribution in [2.75, 3.05) is 16.8 Å². The minimum atomic E-state index is -0.643. The molecule has 0 aliphatic carbocycles. The lowest BCUT2D eigenvalue weighted by atomic mass is 10.0. The van der Waals surface area contributed by atoms with Crippen LogP contribution in [0.1, 0.15) is 32.0 Å². The summed E-state index contributed by atoms with van der Waals surface area (Å²) in [6.45, 7) is 0.584. The van der Waals surface area contributed by atoms with Crippen molar-refractivity contribution >= 4 is 51.8 Å². The molecule has 1 aliphatic rings. The molecule has 3 aromatic rings. The molecule has 1 N–H and O–H groups in total. The number of carbonyl (C=O) groups excluding carboxylic acids is 2. The van der Waals surface area contributed by atoms with Crippen LogP contribution in [0.3, 0.4) is 0 Å². The minimum Gasteiger partial charge on any atom is -0.322 e. The predicted octanol–water partition coefficient (Wildman–Crippen LogP) is 5.16. The average molecular weight is 442 g/mol. The first-order valence-corrected chi connectivity index (χ1v) is 10.4. The summed E-state index contributed by atoms with van der Waals surface area (Å²) in [5.74, 6) is -0.726. The van der Waals surface area contributed by atoms with Gasteiger partial charge in [-0.1, -0.05) is 23.7 Å². The van der Waals surface area contributed by atoms with Crippen LogP contribution in [-0.2, 0) is 6.42 Å². The van der Waals surface area contributed by atoms with Crippen LogP contribution in [-0.4, -0.2) is 23.3 Å². The molecule has 4 rings (SSSR count). The van der Waals surface area contributed by atoms with Gasteiger partial charge in [-0.2, -0.15) is 0 Å². The molecule has 9 heteroatoms. The van der Waals surface area contributed by atoms with E-state index in [0.717, 1.165) is 24.1 Å². The highest BCUT2D eigenvalue weighted by Gasteiger charge is 2.25. The number of hydrogen-bond acceptors (Lipinski definition) is 5. The molecule has 0 saturated heterocycles. The first-order chi connectivity index (χ1) is 14.4. The number of benzene rings is 2. The molecule has 152 valence electrons. The highest BCUT2D eigenvalue weighted by molar-refractivity contribution is 7.12. The van der Waals surface area contributed by atoms with Crippen LogP contribution >= 0.6 is 22.9 Å². The minimum absolute atomic E-state index is 0.0834. The molecular weight excluding hydrogens is 426 g/mol. The summed E-state index contributed by atoms with van der Waals surface area (Å²) in [7, 11) is 0. The molecule has 0 unspecified atom stereocenters. The molecule has 2 amide bonds. The molecule has 0 bridgehead atoms. The third-order valence-corrected chi connectivity index (χ3v) is 5.93. The monoisotopic (exact) mass is 441 g/mol. The van der Waals surface area contributed by atoms with E-state index in [9.17, 15) is 19.7 Å². The summed E-state index contributed by atoms with van der Waals surface area (Å²) in [6, 6.07) is 12.8. The SMILES string of the molecule is O=C(Nc1ccc2c(c1)N(C(=O)c1cccs1)CCC2)c1cc(Cl)ccc1[N+](=O)[O-]. The van der Waals surface area contributed by atoms with Crippen molar-refractivity contribution in [2.24, 2.45) is 0 Å². The molecule has 1 aliphatic heterocycles. The molecular formula is C21H16ClN3O4S. The summed E-state index contributed by atoms with van der Waals surface area (Å²) in [6.07, 6.45) is 1.68. The Kier molecular flexibility index (Phi) is 5.52. The number of anilines is 2. The maximum absolute atomic E-state index is 12.9. The largest absolute Gasteiger partial charge is 0.322 e. The van der Waals surface area contributed by atoms with Gasteiger partial charge in [0.05, 0.1) is 9.80 Å². The van der Waals surface area contributed by atoms with Gasteiger partial charge in [0.2, 0.25) is 0 Å². The fourth-order valence-corrected chi connectivity index (χ4v) is 4.29. The summed E-state index contributed by atoms with van der Waals surface area (Å²) in [4.78, 5) is 38.6. The Hall–Kier alpha value is -3.23. The quantitative estimate of drug-likeness (QED) is 0.447. The lowest BCUT2D eigenvalue weighted by Gasteiger charge is -2.29. The van der Waals surface area contributed by atoms with Gasteiger partial charge in [0.25, 0.3) is 17.5 Å². The van der Waals surface area contributed by atoms with Crippen molar-refractivity contribution < 1.29 is 14.5 Å². The van der Waals surface area contributed by atoms with Crippen LogP contribution in [0.2, 0.25) is 5.02 Å². The van der Waals surface area contributed by atoms with Crippen molar-refractivity contribution in [2.45, 2.75) is 12.8 Å². The molecule has 0 radical (unpaired) electrons. The molecule has 0 saturated carbocycles. The maximum atomic E-state index is 12.9. The number of hydrogen-bond donors (Lipinski definition) is 1. The summed E-state index contributed by atoms with van der Waals surface area (Å²) in [5.41, 5.74) is 1.73. The van der Waals surface area contributed by atoms with E-state index in [-0.39, 0.29) is 22.2 Å². The fraction of sp³-hybridized carbons (Fsp3) is 0.143. The van der Waals surface area contributed by atoms with Crippen LogP contribution in [0.25, 0.3) is 0 Å². The lowest BCUT2D eigenvalue weighted by Crippen LogP contribution is -2.35. The van der Waals surface area contributed by atoms with Crippen molar-refractivity contribution in [3.63, 3.8) is 0 Å². The first kappa shape index (κ1) is 20.1. The Morgan fingerprint density at radius 1 is 1.17 bits per heavy atom. The molecule has 2 aromatic carbocycles. The number of rotatable bonds is 4. The molecule has 0 spiro atoms. The molecule has 0 atom stereocenters. The van der Waals surface area contributed by atoms with E-state index < -0.39 is 10.8 Å². The lowest BCUT2D eigenvalue weighted by molar-refractivity contribution is -0.385. The normalized spacial score (nSPS) is 12.9. The van der Waals surface area contributed by atoms with E-state index in [2.05, 4.69) is 5.32 Å². The zero-order chi connectivity index (χ0) is 21.3. The Morgan fingerprint density at radius 3 is 2.73 bits per heavy atom. The second-order valence-electron chi connectivity index (χ2n) is 6.75. The number of thiophene rings is 1. The van der Waals surface area contributed by atoms with E-state index in [0.29, 0.717) is 17.1 Å². The smallest absolute Gasteiger partial charge is 0.282 e. The fourth-order valence-electron chi connectivity index (χ4n) is 3.44. The van der Waals surface area contributed by atoms with Crippen LogP contribution < -0.4 is 10.2 Å². The van der Waals surface area contributed by atoms with E-state index in [1.807, 2.05) is 17.5 Å². The number of nitrogens with zero attached hydrogens (tertiary/aromatic N) is 2. The molecule has 7 nitrogen and oxygen atoms in total. The van der Waals surface area contributed by atoms with E-state index in [4.69, 9.17) is 11.6 Å². The first-order valence-electron chi connectivity index (χ1n) is 9.17. The van der Waals surface area contributed by atoms with Crippen LogP contribution in [0, 0.1) is 10.1 Å². The van der Waals surface area contributed by atoms with Crippen molar-refractivity contribution in [1.29, 1.82) is 0 Å². The second-order valence-corrected chi connectivity index (χ2v) is 8.14. The molecule has 0 fully saturated rings. The van der Waals surface area contributed by atoms with Gasteiger partial charge >= 0.3 is 0 Å². The molecule has 30 heavy (non-hydrogen) atoms. The van der Waals surface area contributed by atoms with E-state index in [1.165, 1.54) is 29.5 Å². The third-order valence-electron chi connectivity index (χ3n) is 4.84. The predicted molar refractivity (Wildman–Crippen MR) is 117 cm³/mol. The van der Waals surface area contributed by atoms with Crippen LogP contribution in [0.15, 0.2) is 53.9 Å². The standard InChI is InChI=1S/C21H16ClN3O4S/c22-14-6-8-17(25(28)29)16(11-14)20(26)23-15-7-5-13-3-1-9-24(18(13)12-15)21(27)19-4-2-10-30-19/h2,4-8,10-12H,1,3,9H2,(H,23,26). The zero-order valence-corrected chi connectivity index (χ0v) is 17.2. The third kappa shape index (κ3) is 3.92. The number of fused-ring (bicyclic) bond motifs is 1. The van der Waals surface area contributed by atoms with Crippen LogP contribution in [0.4, 0.5) is 17.1 Å². The van der Waals surface area contributed by atoms with Gasteiger partial charge in [-0.05, 0) is 54.1 Å². The number of amides is 2. The Morgan fingerprint density at radius 2 is 2.00 bits per heavy atom. The Labute approximate surface area is 181 Å². The Balaban J connectivity index is 1.64. The van der Waals surface area contributed by atoms with Gasteiger partial charge in [-0.25, -0.2) is 0 Å². The Bertz CT molecular complexity index is 1150. The van der Waals surface area contributed by atoms with E-state index >= 15 is 0 Å². The van der Waals surface area contributed by atoms with Gasteiger partial charge in [-0.15, -0.1) is 11.3 Å². The number of carbonyl (C=O) groups is 2. The van der Waals surface area contributed by atoms with Gasteiger partial charge in [0, 0.05) is 29.0 Å². The highest BCUT2D eigenvalue weighted by Crippen LogP contribution is 2.32. The number of nitro benzene ring substituents is 1. The van der Waals surface area contributed by atoms with Gasteiger partial charge in [-0.3, -0.25) is 19.7 Å². The highest BCUT2D eigenvalue weighted by atomic mass is 35.5.